The fourth-order valence-corrected chi connectivity index (χ4v) is 2.72. The number of amides is 2. The van der Waals surface area contributed by atoms with Crippen LogP contribution in [0, 0.1) is 0 Å². The Morgan fingerprint density at radius 2 is 1.65 bits per heavy atom. The summed E-state index contributed by atoms with van der Waals surface area (Å²) in [6.45, 7) is 2.06. The number of nitrogens with one attached hydrogen (secondary N) is 1. The molecule has 138 valence electrons. The molecule has 0 saturated carbocycles. The summed E-state index contributed by atoms with van der Waals surface area (Å²) in [6.07, 6.45) is 0.203. The Hall–Kier alpha value is -2.53. The number of hydrogen-bond donors (Lipinski definition) is 1. The van der Waals surface area contributed by atoms with Crippen molar-refractivity contribution >= 4 is 23.4 Å². The van der Waals surface area contributed by atoms with Crippen molar-refractivity contribution in [2.75, 3.05) is 14.2 Å². The zero-order valence-corrected chi connectivity index (χ0v) is 15.9. The van der Waals surface area contributed by atoms with Gasteiger partial charge in [0, 0.05) is 18.6 Å². The number of halogens is 1. The van der Waals surface area contributed by atoms with Crippen LogP contribution >= 0.6 is 11.6 Å². The molecule has 0 spiro atoms. The molecule has 0 aliphatic rings. The molecule has 2 aromatic rings. The second-order valence-corrected chi connectivity index (χ2v) is 6.40. The van der Waals surface area contributed by atoms with Crippen LogP contribution in [0.5, 0.6) is 5.75 Å². The standard InChI is InChI=1S/C20H23ClN2O3/c1-14(20(25)22-2)23(13-16-6-10-18(26-3)11-7-16)19(24)12-15-4-8-17(21)9-5-15/h4-11,14H,12-13H2,1-3H3,(H,22,25). The summed E-state index contributed by atoms with van der Waals surface area (Å²) in [6, 6.07) is 14.0. The third-order valence-electron chi connectivity index (χ3n) is 4.19. The summed E-state index contributed by atoms with van der Waals surface area (Å²) in [5.41, 5.74) is 1.77. The van der Waals surface area contributed by atoms with Crippen LogP contribution < -0.4 is 10.1 Å². The zero-order chi connectivity index (χ0) is 19.1. The van der Waals surface area contributed by atoms with E-state index in [0.717, 1.165) is 16.9 Å². The Labute approximate surface area is 158 Å². The summed E-state index contributed by atoms with van der Waals surface area (Å²) in [5.74, 6) is 0.411. The van der Waals surface area contributed by atoms with E-state index < -0.39 is 6.04 Å². The molecular formula is C20H23ClN2O3. The minimum absolute atomic E-state index is 0.126. The van der Waals surface area contributed by atoms with Crippen LogP contribution in [0.3, 0.4) is 0 Å². The topological polar surface area (TPSA) is 58.6 Å². The monoisotopic (exact) mass is 374 g/mol. The molecule has 2 aromatic carbocycles. The third kappa shape index (κ3) is 5.23. The van der Waals surface area contributed by atoms with Gasteiger partial charge in [0.05, 0.1) is 13.5 Å². The fraction of sp³-hybridized carbons (Fsp3) is 0.300. The van der Waals surface area contributed by atoms with E-state index in [2.05, 4.69) is 5.32 Å². The van der Waals surface area contributed by atoms with E-state index in [0.29, 0.717) is 11.6 Å². The van der Waals surface area contributed by atoms with Gasteiger partial charge < -0.3 is 15.0 Å². The average molecular weight is 375 g/mol. The molecule has 2 amide bonds. The van der Waals surface area contributed by atoms with Gasteiger partial charge in [-0.05, 0) is 42.3 Å². The number of methoxy groups -OCH3 is 1. The van der Waals surface area contributed by atoms with Gasteiger partial charge in [0.1, 0.15) is 11.8 Å². The van der Waals surface area contributed by atoms with E-state index in [1.807, 2.05) is 36.4 Å². The lowest BCUT2D eigenvalue weighted by atomic mass is 10.1. The number of ether oxygens (including phenoxy) is 1. The number of carbonyl (C=O) groups excluding carboxylic acids is 2. The number of nitrogens with zero attached hydrogens (tertiary/aromatic N) is 1. The van der Waals surface area contributed by atoms with Gasteiger partial charge in [0.15, 0.2) is 0 Å². The van der Waals surface area contributed by atoms with Crippen LogP contribution in [0.25, 0.3) is 0 Å². The van der Waals surface area contributed by atoms with Gasteiger partial charge in [-0.15, -0.1) is 0 Å². The zero-order valence-electron chi connectivity index (χ0n) is 15.2. The highest BCUT2D eigenvalue weighted by atomic mass is 35.5. The lowest BCUT2D eigenvalue weighted by Gasteiger charge is -2.28. The van der Waals surface area contributed by atoms with Gasteiger partial charge in [0.2, 0.25) is 11.8 Å². The van der Waals surface area contributed by atoms with E-state index in [4.69, 9.17) is 16.3 Å². The fourth-order valence-electron chi connectivity index (χ4n) is 2.60. The van der Waals surface area contributed by atoms with Crippen molar-refractivity contribution in [2.24, 2.45) is 0 Å². The largest absolute Gasteiger partial charge is 0.497 e. The number of rotatable bonds is 7. The van der Waals surface area contributed by atoms with Crippen molar-refractivity contribution in [3.8, 4) is 5.75 Å². The molecule has 0 heterocycles. The van der Waals surface area contributed by atoms with E-state index >= 15 is 0 Å². The third-order valence-corrected chi connectivity index (χ3v) is 4.45. The molecule has 0 aromatic heterocycles. The van der Waals surface area contributed by atoms with Gasteiger partial charge >= 0.3 is 0 Å². The maximum absolute atomic E-state index is 12.9. The molecule has 0 bridgehead atoms. The average Bonchev–Trinajstić information content (AvgIpc) is 2.67. The molecule has 0 aliphatic carbocycles. The Bertz CT molecular complexity index is 745. The van der Waals surface area contributed by atoms with Crippen molar-refractivity contribution in [1.82, 2.24) is 10.2 Å². The minimum atomic E-state index is -0.582. The summed E-state index contributed by atoms with van der Waals surface area (Å²) in [7, 11) is 3.17. The van der Waals surface area contributed by atoms with Crippen LogP contribution in [-0.2, 0) is 22.6 Å². The van der Waals surface area contributed by atoms with Crippen LogP contribution in [0.1, 0.15) is 18.1 Å². The van der Waals surface area contributed by atoms with Gasteiger partial charge in [-0.2, -0.15) is 0 Å². The van der Waals surface area contributed by atoms with Crippen molar-refractivity contribution in [3.05, 3.63) is 64.7 Å². The summed E-state index contributed by atoms with van der Waals surface area (Å²) >= 11 is 5.90. The molecule has 1 unspecified atom stereocenters. The number of hydrogen-bond acceptors (Lipinski definition) is 3. The highest BCUT2D eigenvalue weighted by molar-refractivity contribution is 6.30. The van der Waals surface area contributed by atoms with E-state index in [-0.39, 0.29) is 18.2 Å². The predicted octanol–water partition coefficient (Wildman–Crippen LogP) is 3.05. The Morgan fingerprint density at radius 3 is 2.19 bits per heavy atom. The molecule has 6 heteroatoms. The van der Waals surface area contributed by atoms with Gasteiger partial charge in [-0.25, -0.2) is 0 Å². The molecule has 1 N–H and O–H groups in total. The Morgan fingerprint density at radius 1 is 1.08 bits per heavy atom. The van der Waals surface area contributed by atoms with Crippen LogP contribution in [-0.4, -0.2) is 36.9 Å². The second kappa shape index (κ2) is 9.25. The van der Waals surface area contributed by atoms with Gasteiger partial charge in [0.25, 0.3) is 0 Å². The Kier molecular flexibility index (Phi) is 7.04. The predicted molar refractivity (Wildman–Crippen MR) is 102 cm³/mol. The lowest BCUT2D eigenvalue weighted by Crippen LogP contribution is -2.47. The smallest absolute Gasteiger partial charge is 0.242 e. The molecule has 0 fully saturated rings. The lowest BCUT2D eigenvalue weighted by molar-refractivity contribution is -0.139. The number of benzene rings is 2. The van der Waals surface area contributed by atoms with E-state index in [1.54, 1.807) is 38.1 Å². The number of carbonyl (C=O) groups is 2. The first-order valence-corrected chi connectivity index (χ1v) is 8.71. The Balaban J connectivity index is 2.19. The first-order valence-electron chi connectivity index (χ1n) is 8.33. The minimum Gasteiger partial charge on any atom is -0.497 e. The molecule has 0 aliphatic heterocycles. The summed E-state index contributed by atoms with van der Waals surface area (Å²) < 4.78 is 5.16. The molecule has 1 atom stereocenters. The quantitative estimate of drug-likeness (QED) is 0.810. The molecule has 26 heavy (non-hydrogen) atoms. The van der Waals surface area contributed by atoms with Crippen LogP contribution in [0.4, 0.5) is 0 Å². The molecule has 0 radical (unpaired) electrons. The highest BCUT2D eigenvalue weighted by Gasteiger charge is 2.25. The maximum Gasteiger partial charge on any atom is 0.242 e. The highest BCUT2D eigenvalue weighted by Crippen LogP contribution is 2.17. The second-order valence-electron chi connectivity index (χ2n) is 5.96. The molecular weight excluding hydrogens is 352 g/mol. The normalized spacial score (nSPS) is 11.5. The van der Waals surface area contributed by atoms with Gasteiger partial charge in [-0.3, -0.25) is 9.59 Å². The van der Waals surface area contributed by atoms with Gasteiger partial charge in [-0.1, -0.05) is 35.9 Å². The van der Waals surface area contributed by atoms with Crippen molar-refractivity contribution < 1.29 is 14.3 Å². The van der Waals surface area contributed by atoms with Crippen LogP contribution in [0.15, 0.2) is 48.5 Å². The number of likely N-dealkylation sites (N-methyl/N-ethyl adjacent to an activating group) is 1. The first-order chi connectivity index (χ1) is 12.4. The molecule has 5 nitrogen and oxygen atoms in total. The molecule has 2 rings (SSSR count). The maximum atomic E-state index is 12.9. The molecule has 0 saturated heterocycles. The van der Waals surface area contributed by atoms with Crippen molar-refractivity contribution in [1.29, 1.82) is 0 Å². The van der Waals surface area contributed by atoms with E-state index in [1.165, 1.54) is 0 Å². The van der Waals surface area contributed by atoms with Crippen LogP contribution in [0.2, 0.25) is 5.02 Å². The van der Waals surface area contributed by atoms with E-state index in [9.17, 15) is 9.59 Å². The summed E-state index contributed by atoms with van der Waals surface area (Å²) in [4.78, 5) is 26.6. The summed E-state index contributed by atoms with van der Waals surface area (Å²) in [5, 5.41) is 3.23. The first kappa shape index (κ1) is 19.8. The van der Waals surface area contributed by atoms with Crippen molar-refractivity contribution in [3.63, 3.8) is 0 Å². The van der Waals surface area contributed by atoms with Crippen molar-refractivity contribution in [2.45, 2.75) is 25.9 Å². The SMILES string of the molecule is CNC(=O)C(C)N(Cc1ccc(OC)cc1)C(=O)Cc1ccc(Cl)cc1.